The molecule has 0 aromatic heterocycles. The Labute approximate surface area is 144 Å². The minimum atomic E-state index is -0.507. The van der Waals surface area contributed by atoms with E-state index in [1.165, 1.54) is 31.0 Å². The van der Waals surface area contributed by atoms with Gasteiger partial charge in [-0.15, -0.1) is 11.8 Å². The zero-order chi connectivity index (χ0) is 17.5. The molecule has 0 aliphatic rings. The summed E-state index contributed by atoms with van der Waals surface area (Å²) in [5.41, 5.74) is 2.17. The number of nitrogens with one attached hydrogen (secondary N) is 1. The summed E-state index contributed by atoms with van der Waals surface area (Å²) in [5.74, 6) is 1.01. The molecular formula is C17H18N2O4S. The molecule has 0 saturated heterocycles. The Morgan fingerprint density at radius 1 is 1.29 bits per heavy atom. The average molecular weight is 346 g/mol. The lowest BCUT2D eigenvalue weighted by Gasteiger charge is -2.11. The van der Waals surface area contributed by atoms with Crippen LogP contribution in [0, 0.1) is 17.0 Å². The van der Waals surface area contributed by atoms with Crippen molar-refractivity contribution in [3.8, 4) is 5.75 Å². The molecule has 0 spiro atoms. The Kier molecular flexibility index (Phi) is 6.20. The average Bonchev–Trinajstić information content (AvgIpc) is 2.57. The third kappa shape index (κ3) is 4.73. The Bertz CT molecular complexity index is 735. The van der Waals surface area contributed by atoms with Gasteiger partial charge in [-0.05, 0) is 18.1 Å². The maximum atomic E-state index is 12.1. The fourth-order valence-electron chi connectivity index (χ4n) is 2.14. The number of nitro benzene ring substituents is 1. The van der Waals surface area contributed by atoms with Crippen molar-refractivity contribution < 1.29 is 14.5 Å². The summed E-state index contributed by atoms with van der Waals surface area (Å²) in [4.78, 5) is 22.5. The number of carbonyl (C=O) groups excluding carboxylic acids is 1. The Morgan fingerprint density at radius 3 is 2.62 bits per heavy atom. The first-order valence-electron chi connectivity index (χ1n) is 7.26. The molecule has 1 N–H and O–H groups in total. The van der Waals surface area contributed by atoms with E-state index in [1.54, 1.807) is 6.92 Å². The van der Waals surface area contributed by atoms with Crippen LogP contribution in [0.4, 0.5) is 11.4 Å². The molecule has 0 unspecified atom stereocenters. The van der Waals surface area contributed by atoms with Gasteiger partial charge in [0.1, 0.15) is 0 Å². The van der Waals surface area contributed by atoms with Gasteiger partial charge >= 0.3 is 5.69 Å². The topological polar surface area (TPSA) is 81.5 Å². The van der Waals surface area contributed by atoms with E-state index in [0.29, 0.717) is 17.0 Å². The lowest BCUT2D eigenvalue weighted by molar-refractivity contribution is -0.385. The van der Waals surface area contributed by atoms with Crippen molar-refractivity contribution in [2.45, 2.75) is 12.7 Å². The Balaban J connectivity index is 1.97. The van der Waals surface area contributed by atoms with Crippen LogP contribution in [0.25, 0.3) is 0 Å². The number of benzene rings is 2. The number of carbonyl (C=O) groups is 1. The first kappa shape index (κ1) is 17.8. The number of methoxy groups -OCH3 is 1. The van der Waals surface area contributed by atoms with Gasteiger partial charge in [-0.2, -0.15) is 0 Å². The fourth-order valence-corrected chi connectivity index (χ4v) is 2.92. The zero-order valence-corrected chi connectivity index (χ0v) is 14.3. The predicted octanol–water partition coefficient (Wildman–Crippen LogP) is 3.78. The number of nitro groups is 1. The number of aryl methyl sites for hydroxylation is 1. The molecule has 1 amide bonds. The van der Waals surface area contributed by atoms with Crippen LogP contribution < -0.4 is 10.1 Å². The first-order valence-corrected chi connectivity index (χ1v) is 8.41. The Hall–Kier alpha value is -2.54. The summed E-state index contributed by atoms with van der Waals surface area (Å²) < 4.78 is 5.02. The van der Waals surface area contributed by atoms with Crippen LogP contribution in [-0.2, 0) is 10.5 Å². The van der Waals surface area contributed by atoms with Crippen LogP contribution in [-0.4, -0.2) is 23.7 Å². The van der Waals surface area contributed by atoms with E-state index in [-0.39, 0.29) is 17.3 Å². The number of rotatable bonds is 7. The highest BCUT2D eigenvalue weighted by Crippen LogP contribution is 2.32. The molecule has 2 rings (SSSR count). The van der Waals surface area contributed by atoms with Crippen LogP contribution in [0.3, 0.4) is 0 Å². The molecule has 24 heavy (non-hydrogen) atoms. The van der Waals surface area contributed by atoms with Crippen LogP contribution >= 0.6 is 11.8 Å². The second-order valence-electron chi connectivity index (χ2n) is 5.12. The molecule has 126 valence electrons. The van der Waals surface area contributed by atoms with Crippen molar-refractivity contribution in [1.82, 2.24) is 0 Å². The van der Waals surface area contributed by atoms with Crippen molar-refractivity contribution in [2.24, 2.45) is 0 Å². The lowest BCUT2D eigenvalue weighted by atomic mass is 10.1. The number of hydrogen-bond donors (Lipinski definition) is 1. The molecule has 0 aliphatic carbocycles. The van der Waals surface area contributed by atoms with Gasteiger partial charge in [0.15, 0.2) is 5.75 Å². The van der Waals surface area contributed by atoms with E-state index in [0.717, 1.165) is 11.3 Å². The third-order valence-corrected chi connectivity index (χ3v) is 4.35. The second kappa shape index (κ2) is 8.35. The summed E-state index contributed by atoms with van der Waals surface area (Å²) >= 11 is 1.51. The van der Waals surface area contributed by atoms with Gasteiger partial charge in [-0.1, -0.05) is 30.3 Å². The first-order chi connectivity index (χ1) is 11.5. The summed E-state index contributed by atoms with van der Waals surface area (Å²) in [6, 6.07) is 12.8. The van der Waals surface area contributed by atoms with Gasteiger partial charge in [0.05, 0.1) is 17.8 Å². The third-order valence-electron chi connectivity index (χ3n) is 3.34. The SMILES string of the molecule is COc1cc(NC(=O)CSCc2ccccc2)c(C)cc1[N+](=O)[O-]. The quantitative estimate of drug-likeness (QED) is 0.609. The van der Waals surface area contributed by atoms with Gasteiger partial charge in [0.2, 0.25) is 5.91 Å². The van der Waals surface area contributed by atoms with Crippen molar-refractivity contribution in [3.05, 3.63) is 63.7 Å². The number of anilines is 1. The van der Waals surface area contributed by atoms with Gasteiger partial charge in [0.25, 0.3) is 0 Å². The molecule has 2 aromatic rings. The second-order valence-corrected chi connectivity index (χ2v) is 6.11. The van der Waals surface area contributed by atoms with Crippen molar-refractivity contribution >= 4 is 29.0 Å². The van der Waals surface area contributed by atoms with Gasteiger partial charge in [-0.3, -0.25) is 14.9 Å². The van der Waals surface area contributed by atoms with E-state index in [1.807, 2.05) is 30.3 Å². The minimum absolute atomic E-state index is 0.119. The monoisotopic (exact) mass is 346 g/mol. The molecule has 2 aromatic carbocycles. The van der Waals surface area contributed by atoms with Crippen molar-refractivity contribution in [1.29, 1.82) is 0 Å². The summed E-state index contributed by atoms with van der Waals surface area (Å²) in [6.07, 6.45) is 0. The standard InChI is InChI=1S/C17H18N2O4S/c1-12-8-15(19(21)22)16(23-2)9-14(12)18-17(20)11-24-10-13-6-4-3-5-7-13/h3-9H,10-11H2,1-2H3,(H,18,20). The van der Waals surface area contributed by atoms with Crippen molar-refractivity contribution in [3.63, 3.8) is 0 Å². The highest BCUT2D eigenvalue weighted by Gasteiger charge is 2.18. The largest absolute Gasteiger partial charge is 0.490 e. The van der Waals surface area contributed by atoms with Gasteiger partial charge in [0, 0.05) is 23.6 Å². The number of hydrogen-bond acceptors (Lipinski definition) is 5. The maximum absolute atomic E-state index is 12.1. The Morgan fingerprint density at radius 2 is 2.00 bits per heavy atom. The van der Waals surface area contributed by atoms with E-state index in [9.17, 15) is 14.9 Å². The summed E-state index contributed by atoms with van der Waals surface area (Å²) in [5, 5.41) is 13.8. The van der Waals surface area contributed by atoms with Crippen LogP contribution in [0.5, 0.6) is 5.75 Å². The fraction of sp³-hybridized carbons (Fsp3) is 0.235. The smallest absolute Gasteiger partial charge is 0.311 e. The zero-order valence-electron chi connectivity index (χ0n) is 13.4. The summed E-state index contributed by atoms with van der Waals surface area (Å²) in [6.45, 7) is 1.71. The number of thioether (sulfide) groups is 1. The highest BCUT2D eigenvalue weighted by atomic mass is 32.2. The van der Waals surface area contributed by atoms with E-state index in [4.69, 9.17) is 4.74 Å². The summed E-state index contributed by atoms with van der Waals surface area (Å²) in [7, 11) is 1.36. The molecule has 6 nitrogen and oxygen atoms in total. The van der Waals surface area contributed by atoms with E-state index >= 15 is 0 Å². The van der Waals surface area contributed by atoms with Gasteiger partial charge < -0.3 is 10.1 Å². The molecule has 0 saturated carbocycles. The van der Waals surface area contributed by atoms with Crippen LogP contribution in [0.15, 0.2) is 42.5 Å². The molecule has 7 heteroatoms. The maximum Gasteiger partial charge on any atom is 0.311 e. The molecule has 0 bridgehead atoms. The molecule has 0 heterocycles. The number of ether oxygens (including phenoxy) is 1. The molecular weight excluding hydrogens is 328 g/mol. The number of amides is 1. The normalized spacial score (nSPS) is 10.2. The van der Waals surface area contributed by atoms with E-state index < -0.39 is 4.92 Å². The van der Waals surface area contributed by atoms with Crippen LogP contribution in [0.1, 0.15) is 11.1 Å². The molecule has 0 aliphatic heterocycles. The minimum Gasteiger partial charge on any atom is -0.490 e. The molecule has 0 radical (unpaired) electrons. The van der Waals surface area contributed by atoms with E-state index in [2.05, 4.69) is 5.32 Å². The van der Waals surface area contributed by atoms with Crippen LogP contribution in [0.2, 0.25) is 0 Å². The van der Waals surface area contributed by atoms with Crippen molar-refractivity contribution in [2.75, 3.05) is 18.2 Å². The highest BCUT2D eigenvalue weighted by molar-refractivity contribution is 7.99. The lowest BCUT2D eigenvalue weighted by Crippen LogP contribution is -2.15. The molecule has 0 atom stereocenters. The predicted molar refractivity (Wildman–Crippen MR) is 95.6 cm³/mol. The van der Waals surface area contributed by atoms with Gasteiger partial charge in [-0.25, -0.2) is 0 Å². The number of nitrogens with zero attached hydrogens (tertiary/aromatic N) is 1. The molecule has 0 fully saturated rings.